The monoisotopic (exact) mass is 326 g/mol. The van der Waals surface area contributed by atoms with E-state index < -0.39 is 0 Å². The zero-order valence-corrected chi connectivity index (χ0v) is 14.9. The van der Waals surface area contributed by atoms with E-state index in [2.05, 4.69) is 47.6 Å². The maximum atomic E-state index is 12.3. The van der Waals surface area contributed by atoms with Gasteiger partial charge < -0.3 is 5.32 Å². The van der Waals surface area contributed by atoms with Crippen molar-refractivity contribution in [1.29, 1.82) is 0 Å². The molecule has 1 aromatic carbocycles. The quantitative estimate of drug-likeness (QED) is 0.801. The molecule has 2 aliphatic rings. The highest BCUT2D eigenvalue weighted by molar-refractivity contribution is 5.78. The lowest BCUT2D eigenvalue weighted by Gasteiger charge is -2.32. The Morgan fingerprint density at radius 2 is 2.08 bits per heavy atom. The molecule has 1 amide bonds. The van der Waals surface area contributed by atoms with Crippen molar-refractivity contribution in [2.75, 3.05) is 20.1 Å². The van der Waals surface area contributed by atoms with Gasteiger partial charge >= 0.3 is 0 Å². The maximum Gasteiger partial charge on any atom is 0.234 e. The smallest absolute Gasteiger partial charge is 0.234 e. The zero-order chi connectivity index (χ0) is 16.8. The number of carbonyl (C=O) groups excluding carboxylic acids is 1. The minimum Gasteiger partial charge on any atom is -0.355 e. The number of rotatable bonds is 6. The number of hydrogen-bond donors (Lipinski definition) is 1. The van der Waals surface area contributed by atoms with Gasteiger partial charge in [0.05, 0.1) is 6.54 Å². The number of aryl methyl sites for hydroxylation is 1. The van der Waals surface area contributed by atoms with Crippen LogP contribution in [0.5, 0.6) is 0 Å². The van der Waals surface area contributed by atoms with Crippen LogP contribution in [-0.4, -0.2) is 30.9 Å². The summed E-state index contributed by atoms with van der Waals surface area (Å²) in [4.78, 5) is 14.5. The fourth-order valence-corrected chi connectivity index (χ4v) is 4.07. The van der Waals surface area contributed by atoms with Crippen LogP contribution in [0.2, 0.25) is 0 Å². The van der Waals surface area contributed by atoms with Crippen molar-refractivity contribution in [3.05, 3.63) is 47.0 Å². The van der Waals surface area contributed by atoms with Gasteiger partial charge in [0.2, 0.25) is 5.91 Å². The number of amides is 1. The number of benzene rings is 1. The van der Waals surface area contributed by atoms with Gasteiger partial charge in [-0.2, -0.15) is 0 Å². The first-order chi connectivity index (χ1) is 11.7. The van der Waals surface area contributed by atoms with Crippen molar-refractivity contribution in [1.82, 2.24) is 10.2 Å². The second-order valence-corrected chi connectivity index (χ2v) is 7.23. The molecule has 1 N–H and O–H groups in total. The number of fused-ring (bicyclic) bond motifs is 1. The molecular formula is C21H30N2O. The first-order valence-electron chi connectivity index (χ1n) is 9.46. The van der Waals surface area contributed by atoms with Crippen molar-refractivity contribution >= 4 is 5.91 Å². The second-order valence-electron chi connectivity index (χ2n) is 7.23. The van der Waals surface area contributed by atoms with Gasteiger partial charge in [0.25, 0.3) is 0 Å². The molecule has 2 aliphatic carbocycles. The number of likely N-dealkylation sites (N-methyl/N-ethyl adjacent to an activating group) is 1. The van der Waals surface area contributed by atoms with Gasteiger partial charge in [0, 0.05) is 12.6 Å². The van der Waals surface area contributed by atoms with Crippen molar-refractivity contribution in [2.45, 2.75) is 57.4 Å². The van der Waals surface area contributed by atoms with Crippen LogP contribution in [0.25, 0.3) is 0 Å². The van der Waals surface area contributed by atoms with Crippen LogP contribution in [0.1, 0.15) is 62.1 Å². The lowest BCUT2D eigenvalue weighted by atomic mass is 9.87. The molecule has 0 heterocycles. The highest BCUT2D eigenvalue weighted by atomic mass is 16.2. The van der Waals surface area contributed by atoms with Crippen LogP contribution in [0.15, 0.2) is 35.9 Å². The highest BCUT2D eigenvalue weighted by Gasteiger charge is 2.24. The van der Waals surface area contributed by atoms with Crippen LogP contribution in [0, 0.1) is 0 Å². The minimum atomic E-state index is 0.150. The Balaban J connectivity index is 1.47. The van der Waals surface area contributed by atoms with Gasteiger partial charge in [-0.25, -0.2) is 0 Å². The average Bonchev–Trinajstić information content (AvgIpc) is 2.62. The molecule has 0 saturated carbocycles. The summed E-state index contributed by atoms with van der Waals surface area (Å²) in [6.45, 7) is 1.26. The van der Waals surface area contributed by atoms with E-state index in [1.54, 1.807) is 0 Å². The van der Waals surface area contributed by atoms with E-state index in [0.29, 0.717) is 12.6 Å². The molecule has 1 atom stereocenters. The predicted molar refractivity (Wildman–Crippen MR) is 98.9 cm³/mol. The van der Waals surface area contributed by atoms with Crippen molar-refractivity contribution in [3.8, 4) is 0 Å². The molecule has 0 fully saturated rings. The largest absolute Gasteiger partial charge is 0.355 e. The fourth-order valence-electron chi connectivity index (χ4n) is 4.07. The number of hydrogen-bond acceptors (Lipinski definition) is 2. The summed E-state index contributed by atoms with van der Waals surface area (Å²) in [7, 11) is 2.08. The molecule has 3 nitrogen and oxygen atoms in total. The summed E-state index contributed by atoms with van der Waals surface area (Å²) in [6, 6.07) is 9.06. The van der Waals surface area contributed by atoms with Crippen LogP contribution >= 0.6 is 0 Å². The van der Waals surface area contributed by atoms with Gasteiger partial charge in [0.15, 0.2) is 0 Å². The minimum absolute atomic E-state index is 0.150. The third-order valence-electron chi connectivity index (χ3n) is 5.42. The normalized spacial score (nSPS) is 20.4. The molecule has 0 bridgehead atoms. The Hall–Kier alpha value is -1.61. The molecule has 0 aromatic heterocycles. The number of nitrogens with one attached hydrogen (secondary N) is 1. The molecule has 130 valence electrons. The Labute approximate surface area is 146 Å². The highest BCUT2D eigenvalue weighted by Crippen LogP contribution is 2.33. The summed E-state index contributed by atoms with van der Waals surface area (Å²) >= 11 is 0. The van der Waals surface area contributed by atoms with Crippen LogP contribution in [-0.2, 0) is 11.2 Å². The van der Waals surface area contributed by atoms with E-state index in [4.69, 9.17) is 0 Å². The lowest BCUT2D eigenvalue weighted by molar-refractivity contribution is -0.122. The first kappa shape index (κ1) is 17.2. The van der Waals surface area contributed by atoms with Crippen molar-refractivity contribution < 1.29 is 4.79 Å². The molecule has 0 saturated heterocycles. The Morgan fingerprint density at radius 1 is 1.21 bits per heavy atom. The SMILES string of the molecule is CN(CC(=O)NCCC1=CCCCC1)[C@@H]1CCCc2ccccc21. The van der Waals surface area contributed by atoms with Gasteiger partial charge in [-0.05, 0) is 69.5 Å². The van der Waals surface area contributed by atoms with E-state index in [9.17, 15) is 4.79 Å². The van der Waals surface area contributed by atoms with E-state index in [1.807, 2.05) is 0 Å². The topological polar surface area (TPSA) is 32.3 Å². The summed E-state index contributed by atoms with van der Waals surface area (Å²) in [5.41, 5.74) is 4.38. The van der Waals surface area contributed by atoms with Gasteiger partial charge in [-0.15, -0.1) is 0 Å². The first-order valence-corrected chi connectivity index (χ1v) is 9.46. The van der Waals surface area contributed by atoms with Crippen molar-refractivity contribution in [2.24, 2.45) is 0 Å². The predicted octanol–water partition coefficient (Wildman–Crippen LogP) is 4.00. The molecule has 0 spiro atoms. The molecule has 3 rings (SSSR count). The summed E-state index contributed by atoms with van der Waals surface area (Å²) in [5, 5.41) is 3.10. The third-order valence-corrected chi connectivity index (χ3v) is 5.42. The molecule has 0 radical (unpaired) electrons. The number of nitrogens with zero attached hydrogens (tertiary/aromatic N) is 1. The van der Waals surface area contributed by atoms with Crippen LogP contribution < -0.4 is 5.32 Å². The summed E-state index contributed by atoms with van der Waals surface area (Å²) < 4.78 is 0. The van der Waals surface area contributed by atoms with E-state index >= 15 is 0 Å². The van der Waals surface area contributed by atoms with Crippen LogP contribution in [0.4, 0.5) is 0 Å². The fraction of sp³-hybridized carbons (Fsp3) is 0.571. The maximum absolute atomic E-state index is 12.3. The zero-order valence-electron chi connectivity index (χ0n) is 14.9. The molecule has 0 aliphatic heterocycles. The summed E-state index contributed by atoms with van der Waals surface area (Å²) in [5.74, 6) is 0.150. The van der Waals surface area contributed by atoms with E-state index in [0.717, 1.165) is 19.4 Å². The summed E-state index contributed by atoms with van der Waals surface area (Å²) in [6.07, 6.45) is 12.0. The molecule has 3 heteroatoms. The van der Waals surface area contributed by atoms with Gasteiger partial charge in [-0.3, -0.25) is 9.69 Å². The molecule has 1 aromatic rings. The number of allylic oxidation sites excluding steroid dienone is 1. The third kappa shape index (κ3) is 4.47. The van der Waals surface area contributed by atoms with E-state index in [1.165, 1.54) is 55.2 Å². The van der Waals surface area contributed by atoms with Crippen molar-refractivity contribution in [3.63, 3.8) is 0 Å². The Kier molecular flexibility index (Phi) is 6.08. The lowest BCUT2D eigenvalue weighted by Crippen LogP contribution is -2.38. The Morgan fingerprint density at radius 3 is 2.92 bits per heavy atom. The Bertz CT molecular complexity index is 593. The molecule has 0 unspecified atom stereocenters. The average molecular weight is 326 g/mol. The molecular weight excluding hydrogens is 296 g/mol. The van der Waals surface area contributed by atoms with Gasteiger partial charge in [0.1, 0.15) is 0 Å². The van der Waals surface area contributed by atoms with Gasteiger partial charge in [-0.1, -0.05) is 35.9 Å². The molecule has 24 heavy (non-hydrogen) atoms. The standard InChI is InChI=1S/C21H30N2O/c1-23(20-13-7-11-18-10-5-6-12-19(18)20)16-21(24)22-15-14-17-8-3-2-4-9-17/h5-6,8,10,12,20H,2-4,7,9,11,13-16H2,1H3,(H,22,24)/t20-/m1/s1. The number of carbonyl (C=O) groups is 1. The second kappa shape index (κ2) is 8.48. The van der Waals surface area contributed by atoms with E-state index in [-0.39, 0.29) is 5.91 Å². The van der Waals surface area contributed by atoms with Crippen LogP contribution in [0.3, 0.4) is 0 Å².